The fourth-order valence-corrected chi connectivity index (χ4v) is 1.92. The maximum Gasteiger partial charge on any atom is 0.220 e. The maximum atomic E-state index is 11.5. The van der Waals surface area contributed by atoms with Crippen LogP contribution in [-0.2, 0) is 9.53 Å². The van der Waals surface area contributed by atoms with E-state index in [2.05, 4.69) is 24.5 Å². The van der Waals surface area contributed by atoms with Crippen LogP contribution in [-0.4, -0.2) is 37.7 Å². The molecule has 0 aromatic heterocycles. The molecule has 17 heavy (non-hydrogen) atoms. The van der Waals surface area contributed by atoms with Gasteiger partial charge in [0.15, 0.2) is 0 Å². The number of carbonyl (C=O) groups is 1. The molecule has 1 rings (SSSR count). The van der Waals surface area contributed by atoms with Gasteiger partial charge in [-0.3, -0.25) is 4.79 Å². The van der Waals surface area contributed by atoms with Gasteiger partial charge in [0.1, 0.15) is 0 Å². The predicted octanol–water partition coefficient (Wildman–Crippen LogP) is 1.45. The summed E-state index contributed by atoms with van der Waals surface area (Å²) < 4.78 is 5.56. The van der Waals surface area contributed by atoms with E-state index in [-0.39, 0.29) is 12.0 Å². The third-order valence-corrected chi connectivity index (χ3v) is 2.93. The minimum atomic E-state index is 0.143. The molecule has 4 heteroatoms. The van der Waals surface area contributed by atoms with Crippen molar-refractivity contribution in [3.63, 3.8) is 0 Å². The average molecular weight is 242 g/mol. The van der Waals surface area contributed by atoms with Crippen LogP contribution in [0.3, 0.4) is 0 Å². The van der Waals surface area contributed by atoms with Crippen LogP contribution < -0.4 is 10.6 Å². The fraction of sp³-hybridized carbons (Fsp3) is 0.923. The summed E-state index contributed by atoms with van der Waals surface area (Å²) in [5.74, 6) is 0.143. The Morgan fingerprint density at radius 1 is 1.41 bits per heavy atom. The smallest absolute Gasteiger partial charge is 0.220 e. The van der Waals surface area contributed by atoms with Gasteiger partial charge in [0, 0.05) is 25.6 Å². The van der Waals surface area contributed by atoms with Crippen molar-refractivity contribution in [3.05, 3.63) is 0 Å². The van der Waals surface area contributed by atoms with Crippen molar-refractivity contribution in [1.82, 2.24) is 10.6 Å². The number of hydrogen-bond acceptors (Lipinski definition) is 3. The summed E-state index contributed by atoms with van der Waals surface area (Å²) in [5.41, 5.74) is 0. The first-order valence-electron chi connectivity index (χ1n) is 6.80. The Labute approximate surface area is 104 Å². The van der Waals surface area contributed by atoms with Crippen LogP contribution in [0.5, 0.6) is 0 Å². The molecular weight excluding hydrogens is 216 g/mol. The van der Waals surface area contributed by atoms with E-state index in [0.717, 1.165) is 32.4 Å². The summed E-state index contributed by atoms with van der Waals surface area (Å²) in [5, 5.41) is 6.25. The molecule has 1 fully saturated rings. The molecule has 1 aliphatic heterocycles. The summed E-state index contributed by atoms with van der Waals surface area (Å²) in [4.78, 5) is 11.5. The third kappa shape index (κ3) is 7.34. The molecular formula is C13H26N2O2. The lowest BCUT2D eigenvalue weighted by molar-refractivity contribution is -0.122. The van der Waals surface area contributed by atoms with Gasteiger partial charge in [-0.2, -0.15) is 0 Å². The molecule has 100 valence electrons. The van der Waals surface area contributed by atoms with Crippen LogP contribution in [0.25, 0.3) is 0 Å². The first-order chi connectivity index (χ1) is 8.18. The molecule has 0 spiro atoms. The normalized spacial score (nSPS) is 20.5. The Bertz CT molecular complexity index is 213. The van der Waals surface area contributed by atoms with Crippen molar-refractivity contribution in [2.75, 3.05) is 19.7 Å². The Hall–Kier alpha value is -0.610. The van der Waals surface area contributed by atoms with Crippen molar-refractivity contribution >= 4 is 5.91 Å². The highest BCUT2D eigenvalue weighted by molar-refractivity contribution is 5.75. The van der Waals surface area contributed by atoms with E-state index in [1.165, 1.54) is 6.42 Å². The topological polar surface area (TPSA) is 50.4 Å². The zero-order valence-electron chi connectivity index (χ0n) is 11.1. The minimum Gasteiger partial charge on any atom is -0.376 e. The predicted molar refractivity (Wildman–Crippen MR) is 69.0 cm³/mol. The summed E-state index contributed by atoms with van der Waals surface area (Å²) >= 11 is 0. The zero-order valence-corrected chi connectivity index (χ0v) is 11.1. The highest BCUT2D eigenvalue weighted by atomic mass is 16.5. The zero-order chi connectivity index (χ0) is 12.5. The number of hydrogen-bond donors (Lipinski definition) is 2. The number of amides is 1. The number of nitrogens with one attached hydrogen (secondary N) is 2. The molecule has 4 nitrogen and oxygen atoms in total. The van der Waals surface area contributed by atoms with E-state index in [0.29, 0.717) is 19.0 Å². The maximum absolute atomic E-state index is 11.5. The molecule has 1 heterocycles. The molecule has 0 aromatic carbocycles. The monoisotopic (exact) mass is 242 g/mol. The molecule has 0 bridgehead atoms. The average Bonchev–Trinajstić information content (AvgIpc) is 2.33. The Morgan fingerprint density at radius 2 is 2.24 bits per heavy atom. The largest absolute Gasteiger partial charge is 0.376 e. The van der Waals surface area contributed by atoms with Crippen LogP contribution in [0.2, 0.25) is 0 Å². The van der Waals surface area contributed by atoms with Crippen LogP contribution in [0.15, 0.2) is 0 Å². The van der Waals surface area contributed by atoms with Gasteiger partial charge in [0.2, 0.25) is 5.91 Å². The van der Waals surface area contributed by atoms with Gasteiger partial charge < -0.3 is 15.4 Å². The lowest BCUT2D eigenvalue weighted by Crippen LogP contribution is -2.35. The van der Waals surface area contributed by atoms with E-state index in [1.54, 1.807) is 0 Å². The van der Waals surface area contributed by atoms with Crippen LogP contribution >= 0.6 is 0 Å². The SMILES string of the molecule is CC(C)NCCCC(=O)NCC1CCCCO1. The third-order valence-electron chi connectivity index (χ3n) is 2.93. The number of ether oxygens (including phenoxy) is 1. The molecule has 1 amide bonds. The first-order valence-corrected chi connectivity index (χ1v) is 6.80. The van der Waals surface area contributed by atoms with Gasteiger partial charge in [0.25, 0.3) is 0 Å². The molecule has 2 N–H and O–H groups in total. The van der Waals surface area contributed by atoms with Gasteiger partial charge >= 0.3 is 0 Å². The summed E-state index contributed by atoms with van der Waals surface area (Å²) in [6.45, 7) is 6.65. The van der Waals surface area contributed by atoms with Gasteiger partial charge in [-0.1, -0.05) is 13.8 Å². The van der Waals surface area contributed by atoms with E-state index in [1.807, 2.05) is 0 Å². The van der Waals surface area contributed by atoms with E-state index >= 15 is 0 Å². The molecule has 0 saturated carbocycles. The minimum absolute atomic E-state index is 0.143. The Morgan fingerprint density at radius 3 is 2.88 bits per heavy atom. The van der Waals surface area contributed by atoms with Gasteiger partial charge in [-0.25, -0.2) is 0 Å². The standard InChI is InChI=1S/C13H26N2O2/c1-11(2)14-8-5-7-13(16)15-10-12-6-3-4-9-17-12/h11-12,14H,3-10H2,1-2H3,(H,15,16). The lowest BCUT2D eigenvalue weighted by atomic mass is 10.1. The van der Waals surface area contributed by atoms with E-state index in [9.17, 15) is 4.79 Å². The molecule has 0 aromatic rings. The highest BCUT2D eigenvalue weighted by Crippen LogP contribution is 2.11. The van der Waals surface area contributed by atoms with Crippen LogP contribution in [0, 0.1) is 0 Å². The van der Waals surface area contributed by atoms with E-state index in [4.69, 9.17) is 4.74 Å². The van der Waals surface area contributed by atoms with Crippen LogP contribution in [0.4, 0.5) is 0 Å². The van der Waals surface area contributed by atoms with Gasteiger partial charge in [-0.15, -0.1) is 0 Å². The second-order valence-corrected chi connectivity index (χ2v) is 5.01. The van der Waals surface area contributed by atoms with Crippen molar-refractivity contribution in [2.24, 2.45) is 0 Å². The molecule has 1 atom stereocenters. The Kier molecular flexibility index (Phi) is 7.21. The van der Waals surface area contributed by atoms with Crippen molar-refractivity contribution < 1.29 is 9.53 Å². The van der Waals surface area contributed by atoms with Crippen molar-refractivity contribution in [3.8, 4) is 0 Å². The molecule has 0 aliphatic carbocycles. The van der Waals surface area contributed by atoms with Crippen molar-refractivity contribution in [1.29, 1.82) is 0 Å². The van der Waals surface area contributed by atoms with Crippen molar-refractivity contribution in [2.45, 2.75) is 58.1 Å². The lowest BCUT2D eigenvalue weighted by Gasteiger charge is -2.22. The quantitative estimate of drug-likeness (QED) is 0.664. The highest BCUT2D eigenvalue weighted by Gasteiger charge is 2.14. The van der Waals surface area contributed by atoms with Gasteiger partial charge in [0.05, 0.1) is 6.10 Å². The molecule has 0 radical (unpaired) electrons. The summed E-state index contributed by atoms with van der Waals surface area (Å²) in [6.07, 6.45) is 5.20. The fourth-order valence-electron chi connectivity index (χ4n) is 1.92. The second kappa shape index (κ2) is 8.48. The van der Waals surface area contributed by atoms with E-state index < -0.39 is 0 Å². The number of rotatable bonds is 7. The Balaban J connectivity index is 1.96. The first kappa shape index (κ1) is 14.5. The van der Waals surface area contributed by atoms with Gasteiger partial charge in [-0.05, 0) is 32.2 Å². The summed E-state index contributed by atoms with van der Waals surface area (Å²) in [6, 6.07) is 0.494. The number of carbonyl (C=O) groups excluding carboxylic acids is 1. The summed E-state index contributed by atoms with van der Waals surface area (Å²) in [7, 11) is 0. The molecule has 1 saturated heterocycles. The molecule has 1 aliphatic rings. The molecule has 1 unspecified atom stereocenters. The van der Waals surface area contributed by atoms with Crippen LogP contribution in [0.1, 0.15) is 46.0 Å². The second-order valence-electron chi connectivity index (χ2n) is 5.01.